The van der Waals surface area contributed by atoms with Crippen molar-refractivity contribution < 1.29 is 9.84 Å². The van der Waals surface area contributed by atoms with Crippen molar-refractivity contribution in [3.63, 3.8) is 0 Å². The highest BCUT2D eigenvalue weighted by Crippen LogP contribution is 2.35. The van der Waals surface area contributed by atoms with Gasteiger partial charge in [0.2, 0.25) is 5.95 Å². The smallest absolute Gasteiger partial charge is 0.252 e. The van der Waals surface area contributed by atoms with Crippen molar-refractivity contribution in [1.29, 1.82) is 0 Å². The average molecular weight is 337 g/mol. The second-order valence-corrected chi connectivity index (χ2v) is 5.44. The van der Waals surface area contributed by atoms with Crippen LogP contribution < -0.4 is 15.7 Å². The van der Waals surface area contributed by atoms with Crippen molar-refractivity contribution in [2.45, 2.75) is 19.8 Å². The van der Waals surface area contributed by atoms with Crippen LogP contribution in [0.3, 0.4) is 0 Å². The van der Waals surface area contributed by atoms with Gasteiger partial charge in [-0.25, -0.2) is 10.4 Å². The van der Waals surface area contributed by atoms with E-state index in [1.165, 1.54) is 19.4 Å². The van der Waals surface area contributed by atoms with Gasteiger partial charge in [0.1, 0.15) is 0 Å². The first-order valence-corrected chi connectivity index (χ1v) is 7.26. The molecular formula is C15H17ClN4O3. The van der Waals surface area contributed by atoms with Crippen molar-refractivity contribution in [1.82, 2.24) is 9.97 Å². The van der Waals surface area contributed by atoms with Crippen LogP contribution in [-0.4, -0.2) is 28.4 Å². The van der Waals surface area contributed by atoms with Gasteiger partial charge in [-0.2, -0.15) is 5.10 Å². The van der Waals surface area contributed by atoms with Crippen LogP contribution in [-0.2, 0) is 0 Å². The summed E-state index contributed by atoms with van der Waals surface area (Å²) in [5, 5.41) is 13.9. The summed E-state index contributed by atoms with van der Waals surface area (Å²) < 4.78 is 4.96. The number of methoxy groups -OCH3 is 1. The Balaban J connectivity index is 2.20. The standard InChI is InChI=1S/C15H17ClN4O3/c1-8(2)10-6-12(21)19-15(18-10)20-17-7-9-4-5-11(23-3)14(22)13(9)16/h4-8,22H,1-3H3,(H2,18,19,20,21)/b17-7-. The topological polar surface area (TPSA) is 99.6 Å². The van der Waals surface area contributed by atoms with Crippen LogP contribution in [0, 0.1) is 0 Å². The van der Waals surface area contributed by atoms with E-state index < -0.39 is 0 Å². The number of rotatable bonds is 5. The SMILES string of the molecule is COc1ccc(/C=N\Nc2nc(C(C)C)cc(=O)[nH]2)c(Cl)c1O. The lowest BCUT2D eigenvalue weighted by Crippen LogP contribution is -2.12. The van der Waals surface area contributed by atoms with Gasteiger partial charge in [0.25, 0.3) is 5.56 Å². The summed E-state index contributed by atoms with van der Waals surface area (Å²) in [6, 6.07) is 4.66. The normalized spacial score (nSPS) is 11.2. The minimum Gasteiger partial charge on any atom is -0.503 e. The van der Waals surface area contributed by atoms with Gasteiger partial charge in [0.15, 0.2) is 11.5 Å². The van der Waals surface area contributed by atoms with E-state index in [0.29, 0.717) is 11.3 Å². The molecule has 0 bridgehead atoms. The van der Waals surface area contributed by atoms with Crippen molar-refractivity contribution >= 4 is 23.8 Å². The molecule has 0 fully saturated rings. The molecule has 0 saturated carbocycles. The minimum absolute atomic E-state index is 0.118. The molecule has 1 aromatic carbocycles. The molecule has 122 valence electrons. The fraction of sp³-hybridized carbons (Fsp3) is 0.267. The third kappa shape index (κ3) is 4.01. The van der Waals surface area contributed by atoms with Gasteiger partial charge in [0.05, 0.1) is 24.0 Å². The molecule has 1 heterocycles. The van der Waals surface area contributed by atoms with Gasteiger partial charge >= 0.3 is 0 Å². The number of aromatic nitrogens is 2. The molecule has 0 saturated heterocycles. The number of phenolic OH excluding ortho intramolecular Hbond substituents is 1. The Morgan fingerprint density at radius 2 is 2.22 bits per heavy atom. The number of aromatic hydroxyl groups is 1. The van der Waals surface area contributed by atoms with E-state index >= 15 is 0 Å². The molecule has 0 aliphatic heterocycles. The second kappa shape index (κ2) is 7.15. The van der Waals surface area contributed by atoms with Crippen LogP contribution in [0.1, 0.15) is 31.0 Å². The molecule has 8 heteroatoms. The van der Waals surface area contributed by atoms with Crippen LogP contribution in [0.4, 0.5) is 5.95 Å². The molecular weight excluding hydrogens is 320 g/mol. The number of hydrogen-bond donors (Lipinski definition) is 3. The molecule has 0 unspecified atom stereocenters. The minimum atomic E-state index is -0.262. The van der Waals surface area contributed by atoms with E-state index in [2.05, 4.69) is 20.5 Å². The number of ether oxygens (including phenoxy) is 1. The first kappa shape index (κ1) is 16.8. The number of hydrogen-bond acceptors (Lipinski definition) is 6. The Hall–Kier alpha value is -2.54. The van der Waals surface area contributed by atoms with Crippen LogP contribution in [0.25, 0.3) is 0 Å². The molecule has 23 heavy (non-hydrogen) atoms. The van der Waals surface area contributed by atoms with Crippen molar-refractivity contribution in [3.05, 3.63) is 44.8 Å². The average Bonchev–Trinajstić information content (AvgIpc) is 2.51. The van der Waals surface area contributed by atoms with Gasteiger partial charge in [-0.05, 0) is 18.1 Å². The molecule has 2 aromatic rings. The summed E-state index contributed by atoms with van der Waals surface area (Å²) in [6.45, 7) is 3.88. The van der Waals surface area contributed by atoms with Crippen LogP contribution in [0.15, 0.2) is 28.1 Å². The Labute approximate surface area is 138 Å². The fourth-order valence-corrected chi connectivity index (χ4v) is 2.02. The van der Waals surface area contributed by atoms with Gasteiger partial charge in [-0.1, -0.05) is 25.4 Å². The first-order valence-electron chi connectivity index (χ1n) is 6.88. The summed E-state index contributed by atoms with van der Waals surface area (Å²) in [5.41, 5.74) is 3.52. The van der Waals surface area contributed by atoms with Crippen LogP contribution >= 0.6 is 11.6 Å². The predicted octanol–water partition coefficient (Wildman–Crippen LogP) is 2.71. The molecule has 0 spiro atoms. The highest BCUT2D eigenvalue weighted by molar-refractivity contribution is 6.34. The molecule has 0 amide bonds. The summed E-state index contributed by atoms with van der Waals surface area (Å²) in [5.74, 6) is 0.461. The van der Waals surface area contributed by atoms with Crippen molar-refractivity contribution in [2.24, 2.45) is 5.10 Å². The van der Waals surface area contributed by atoms with E-state index in [0.717, 1.165) is 0 Å². The number of anilines is 1. The summed E-state index contributed by atoms with van der Waals surface area (Å²) in [4.78, 5) is 18.4. The third-order valence-electron chi connectivity index (χ3n) is 3.06. The van der Waals surface area contributed by atoms with Crippen molar-refractivity contribution in [3.8, 4) is 11.5 Å². The van der Waals surface area contributed by atoms with E-state index in [1.807, 2.05) is 13.8 Å². The highest BCUT2D eigenvalue weighted by Gasteiger charge is 2.10. The lowest BCUT2D eigenvalue weighted by Gasteiger charge is -2.07. The number of halogens is 1. The lowest BCUT2D eigenvalue weighted by atomic mass is 10.1. The molecule has 1 aromatic heterocycles. The molecule has 3 N–H and O–H groups in total. The monoisotopic (exact) mass is 336 g/mol. The number of aromatic amines is 1. The van der Waals surface area contributed by atoms with E-state index in [4.69, 9.17) is 16.3 Å². The van der Waals surface area contributed by atoms with E-state index in [9.17, 15) is 9.90 Å². The maximum absolute atomic E-state index is 11.6. The van der Waals surface area contributed by atoms with E-state index in [1.54, 1.807) is 12.1 Å². The van der Waals surface area contributed by atoms with Crippen molar-refractivity contribution in [2.75, 3.05) is 12.5 Å². The molecule has 0 atom stereocenters. The Morgan fingerprint density at radius 3 is 2.87 bits per heavy atom. The van der Waals surface area contributed by atoms with Gasteiger partial charge in [-0.3, -0.25) is 9.78 Å². The van der Waals surface area contributed by atoms with Crippen LogP contribution in [0.5, 0.6) is 11.5 Å². The number of nitrogens with one attached hydrogen (secondary N) is 2. The Morgan fingerprint density at radius 1 is 1.48 bits per heavy atom. The zero-order valence-corrected chi connectivity index (χ0v) is 13.7. The van der Waals surface area contributed by atoms with Gasteiger partial charge in [-0.15, -0.1) is 0 Å². The maximum atomic E-state index is 11.6. The molecule has 0 aliphatic rings. The van der Waals surface area contributed by atoms with Gasteiger partial charge in [0, 0.05) is 11.6 Å². The highest BCUT2D eigenvalue weighted by atomic mass is 35.5. The summed E-state index contributed by atoms with van der Waals surface area (Å²) >= 11 is 6.03. The number of hydrazone groups is 1. The quantitative estimate of drug-likeness (QED) is 0.576. The van der Waals surface area contributed by atoms with Crippen LogP contribution in [0.2, 0.25) is 5.02 Å². The second-order valence-electron chi connectivity index (χ2n) is 5.06. The molecule has 2 rings (SSSR count). The van der Waals surface area contributed by atoms with Gasteiger partial charge < -0.3 is 9.84 Å². The predicted molar refractivity (Wildman–Crippen MR) is 89.8 cm³/mol. The fourth-order valence-electron chi connectivity index (χ4n) is 1.81. The molecule has 7 nitrogen and oxygen atoms in total. The zero-order chi connectivity index (χ0) is 17.0. The lowest BCUT2D eigenvalue weighted by molar-refractivity contribution is 0.373. The molecule has 0 aliphatic carbocycles. The number of benzene rings is 1. The number of phenols is 1. The Kier molecular flexibility index (Phi) is 5.23. The summed E-state index contributed by atoms with van der Waals surface area (Å²) in [6.07, 6.45) is 1.41. The van der Waals surface area contributed by atoms with E-state index in [-0.39, 0.29) is 33.9 Å². The Bertz CT molecular complexity index is 787. The third-order valence-corrected chi connectivity index (χ3v) is 3.45. The number of nitrogens with zero attached hydrogens (tertiary/aromatic N) is 2. The largest absolute Gasteiger partial charge is 0.503 e. The maximum Gasteiger partial charge on any atom is 0.252 e. The molecule has 0 radical (unpaired) electrons. The zero-order valence-electron chi connectivity index (χ0n) is 12.9. The summed E-state index contributed by atoms with van der Waals surface area (Å²) in [7, 11) is 1.43. The first-order chi connectivity index (χ1) is 10.9. The number of H-pyrrole nitrogens is 1.